The minimum Gasteiger partial charge on any atom is -0.486 e. The molecular weight excluding hydrogens is 262 g/mol. The smallest absolute Gasteiger partial charge is 0.173 e. The fourth-order valence-electron chi connectivity index (χ4n) is 2.00. The fraction of sp³-hybridized carbons (Fsp3) is 0.538. The molecule has 1 fully saturated rings. The van der Waals surface area contributed by atoms with Crippen LogP contribution in [-0.2, 0) is 4.74 Å². The quantitative estimate of drug-likeness (QED) is 0.836. The number of benzene rings is 1. The van der Waals surface area contributed by atoms with Gasteiger partial charge in [-0.2, -0.15) is 0 Å². The summed E-state index contributed by atoms with van der Waals surface area (Å²) in [6, 6.07) is 4.24. The fourth-order valence-corrected chi connectivity index (χ4v) is 2.21. The van der Waals surface area contributed by atoms with E-state index in [0.717, 1.165) is 0 Å². The van der Waals surface area contributed by atoms with Gasteiger partial charge in [-0.05, 0) is 30.9 Å². The monoisotopic (exact) mass is 276 g/mol. The Hall–Kier alpha value is -0.870. The van der Waals surface area contributed by atoms with Gasteiger partial charge in [-0.3, -0.25) is 0 Å². The molecule has 2 nitrogen and oxygen atoms in total. The van der Waals surface area contributed by atoms with Crippen LogP contribution in [0.1, 0.15) is 12.8 Å². The van der Waals surface area contributed by atoms with Gasteiger partial charge in [0.15, 0.2) is 11.6 Å². The average Bonchev–Trinajstić information content (AvgIpc) is 2.39. The van der Waals surface area contributed by atoms with Crippen LogP contribution in [0.5, 0.6) is 5.75 Å². The van der Waals surface area contributed by atoms with Gasteiger partial charge in [-0.25, -0.2) is 8.78 Å². The van der Waals surface area contributed by atoms with E-state index in [1.807, 2.05) is 0 Å². The lowest BCUT2D eigenvalue weighted by Crippen LogP contribution is -2.29. The molecule has 1 unspecified atom stereocenters. The van der Waals surface area contributed by atoms with Gasteiger partial charge in [-0.1, -0.05) is 17.7 Å². The van der Waals surface area contributed by atoms with Crippen LogP contribution in [0, 0.1) is 11.7 Å². The Bertz CT molecular complexity index is 374. The summed E-state index contributed by atoms with van der Waals surface area (Å²) in [4.78, 5) is 0. The second-order valence-electron chi connectivity index (χ2n) is 4.33. The van der Waals surface area contributed by atoms with E-state index < -0.39 is 12.0 Å². The van der Waals surface area contributed by atoms with Crippen molar-refractivity contribution >= 4 is 11.6 Å². The van der Waals surface area contributed by atoms with Crippen molar-refractivity contribution in [2.75, 3.05) is 19.8 Å². The molecule has 18 heavy (non-hydrogen) atoms. The lowest BCUT2D eigenvalue weighted by Gasteiger charge is -2.25. The van der Waals surface area contributed by atoms with E-state index >= 15 is 0 Å². The standard InChI is InChI=1S/C13H15ClF2O2/c14-10-2-1-3-11(15)13(10)18-8-12(16)9-4-6-17-7-5-9/h1-3,9,12H,4-8H2. The largest absolute Gasteiger partial charge is 0.486 e. The molecule has 0 spiro atoms. The Morgan fingerprint density at radius 2 is 2.11 bits per heavy atom. The molecule has 0 aliphatic carbocycles. The van der Waals surface area contributed by atoms with Crippen molar-refractivity contribution in [2.45, 2.75) is 19.0 Å². The van der Waals surface area contributed by atoms with Gasteiger partial charge in [0, 0.05) is 13.2 Å². The zero-order chi connectivity index (χ0) is 13.0. The molecular formula is C13H15ClF2O2. The summed E-state index contributed by atoms with van der Waals surface area (Å²) < 4.78 is 37.6. The van der Waals surface area contributed by atoms with Crippen molar-refractivity contribution in [3.8, 4) is 5.75 Å². The van der Waals surface area contributed by atoms with Crippen molar-refractivity contribution in [3.63, 3.8) is 0 Å². The molecule has 1 aromatic rings. The number of alkyl halides is 1. The van der Waals surface area contributed by atoms with Crippen molar-refractivity contribution in [2.24, 2.45) is 5.92 Å². The van der Waals surface area contributed by atoms with Gasteiger partial charge in [0.2, 0.25) is 0 Å². The molecule has 1 saturated heterocycles. The highest BCUT2D eigenvalue weighted by atomic mass is 35.5. The highest BCUT2D eigenvalue weighted by molar-refractivity contribution is 6.32. The molecule has 1 atom stereocenters. The van der Waals surface area contributed by atoms with Crippen LogP contribution in [0.2, 0.25) is 5.02 Å². The summed E-state index contributed by atoms with van der Waals surface area (Å²) in [6.07, 6.45) is 0.231. The topological polar surface area (TPSA) is 18.5 Å². The Morgan fingerprint density at radius 1 is 1.39 bits per heavy atom. The zero-order valence-corrected chi connectivity index (χ0v) is 10.6. The normalized spacial score (nSPS) is 18.6. The summed E-state index contributed by atoms with van der Waals surface area (Å²) in [7, 11) is 0. The average molecular weight is 277 g/mol. The molecule has 0 N–H and O–H groups in total. The number of halogens is 3. The van der Waals surface area contributed by atoms with E-state index in [1.165, 1.54) is 18.2 Å². The number of hydrogen-bond acceptors (Lipinski definition) is 2. The Kier molecular flexibility index (Phi) is 4.78. The number of hydrogen-bond donors (Lipinski definition) is 0. The Labute approximate surface area is 110 Å². The zero-order valence-electron chi connectivity index (χ0n) is 9.87. The molecule has 5 heteroatoms. The minimum absolute atomic E-state index is 0.0751. The van der Waals surface area contributed by atoms with Gasteiger partial charge >= 0.3 is 0 Å². The summed E-state index contributed by atoms with van der Waals surface area (Å²) >= 11 is 5.79. The molecule has 0 saturated carbocycles. The van der Waals surface area contributed by atoms with Crippen molar-refractivity contribution in [1.82, 2.24) is 0 Å². The second kappa shape index (κ2) is 6.34. The lowest BCUT2D eigenvalue weighted by atomic mass is 9.95. The Balaban J connectivity index is 1.90. The molecule has 0 radical (unpaired) electrons. The second-order valence-corrected chi connectivity index (χ2v) is 4.73. The molecule has 0 amide bonds. The van der Waals surface area contributed by atoms with E-state index in [2.05, 4.69) is 0 Å². The molecule has 1 aliphatic heterocycles. The van der Waals surface area contributed by atoms with Crippen LogP contribution >= 0.6 is 11.6 Å². The molecule has 1 heterocycles. The third kappa shape index (κ3) is 3.33. The lowest BCUT2D eigenvalue weighted by molar-refractivity contribution is 0.0237. The van der Waals surface area contributed by atoms with Crippen LogP contribution in [0.25, 0.3) is 0 Å². The number of ether oxygens (including phenoxy) is 2. The van der Waals surface area contributed by atoms with Gasteiger partial charge in [0.1, 0.15) is 12.8 Å². The first kappa shape index (κ1) is 13.6. The van der Waals surface area contributed by atoms with E-state index in [-0.39, 0.29) is 23.3 Å². The molecule has 0 aromatic heterocycles. The molecule has 0 bridgehead atoms. The molecule has 1 aromatic carbocycles. The first-order chi connectivity index (χ1) is 8.68. The highest BCUT2D eigenvalue weighted by Gasteiger charge is 2.24. The van der Waals surface area contributed by atoms with Crippen LogP contribution in [0.3, 0.4) is 0 Å². The van der Waals surface area contributed by atoms with E-state index in [0.29, 0.717) is 26.1 Å². The minimum atomic E-state index is -1.12. The van der Waals surface area contributed by atoms with Gasteiger partial charge < -0.3 is 9.47 Å². The summed E-state index contributed by atoms with van der Waals surface area (Å²) in [5.74, 6) is -0.722. The van der Waals surface area contributed by atoms with Crippen LogP contribution in [-0.4, -0.2) is 26.0 Å². The third-order valence-electron chi connectivity index (χ3n) is 3.08. The van der Waals surface area contributed by atoms with Crippen molar-refractivity contribution in [3.05, 3.63) is 29.0 Å². The van der Waals surface area contributed by atoms with E-state index in [4.69, 9.17) is 21.1 Å². The predicted molar refractivity (Wildman–Crippen MR) is 65.3 cm³/mol. The Morgan fingerprint density at radius 3 is 2.78 bits per heavy atom. The van der Waals surface area contributed by atoms with E-state index in [1.54, 1.807) is 0 Å². The van der Waals surface area contributed by atoms with Crippen LogP contribution < -0.4 is 4.74 Å². The maximum absolute atomic E-state index is 13.9. The SMILES string of the molecule is Fc1cccc(Cl)c1OCC(F)C1CCOCC1. The highest BCUT2D eigenvalue weighted by Crippen LogP contribution is 2.28. The number of para-hydroxylation sites is 1. The summed E-state index contributed by atoms with van der Waals surface area (Å²) in [5, 5.41) is 0.161. The van der Waals surface area contributed by atoms with Crippen molar-refractivity contribution in [1.29, 1.82) is 0 Å². The summed E-state index contributed by atoms with van der Waals surface area (Å²) in [6.45, 7) is 0.975. The first-order valence-electron chi connectivity index (χ1n) is 5.97. The number of rotatable bonds is 4. The first-order valence-corrected chi connectivity index (χ1v) is 6.35. The van der Waals surface area contributed by atoms with Gasteiger partial charge in [-0.15, -0.1) is 0 Å². The van der Waals surface area contributed by atoms with Gasteiger partial charge in [0.05, 0.1) is 5.02 Å². The van der Waals surface area contributed by atoms with Crippen LogP contribution in [0.15, 0.2) is 18.2 Å². The molecule has 2 rings (SSSR count). The van der Waals surface area contributed by atoms with Crippen LogP contribution in [0.4, 0.5) is 8.78 Å². The third-order valence-corrected chi connectivity index (χ3v) is 3.38. The molecule has 100 valence electrons. The maximum Gasteiger partial charge on any atom is 0.173 e. The molecule has 1 aliphatic rings. The maximum atomic E-state index is 13.9. The van der Waals surface area contributed by atoms with Crippen molar-refractivity contribution < 1.29 is 18.3 Å². The van der Waals surface area contributed by atoms with Gasteiger partial charge in [0.25, 0.3) is 0 Å². The van der Waals surface area contributed by atoms with E-state index in [9.17, 15) is 8.78 Å². The predicted octanol–water partition coefficient (Wildman–Crippen LogP) is 3.62. The summed E-state index contributed by atoms with van der Waals surface area (Å²) in [5.41, 5.74) is 0.